The highest BCUT2D eigenvalue weighted by Gasteiger charge is 2.12. The Kier molecular flexibility index (Phi) is 3.61. The second-order valence-corrected chi connectivity index (χ2v) is 3.93. The normalized spacial score (nSPS) is 10.7. The Labute approximate surface area is 103 Å². The molecule has 1 aromatic carbocycles. The molecule has 2 N–H and O–H groups in total. The van der Waals surface area contributed by atoms with Crippen LogP contribution in [0, 0.1) is 0 Å². The lowest BCUT2D eigenvalue weighted by Gasteiger charge is -1.99. The average molecular weight is 254 g/mol. The van der Waals surface area contributed by atoms with Crippen molar-refractivity contribution in [2.45, 2.75) is 6.42 Å². The molecule has 5 nitrogen and oxygen atoms in total. The molecule has 0 aliphatic rings. The van der Waals surface area contributed by atoms with Crippen LogP contribution in [0.5, 0.6) is 5.75 Å². The van der Waals surface area contributed by atoms with E-state index >= 15 is 0 Å². The molecule has 0 saturated carbocycles. The second-order valence-electron chi connectivity index (χ2n) is 3.52. The van der Waals surface area contributed by atoms with E-state index in [0.717, 1.165) is 6.54 Å². The average Bonchev–Trinajstić information content (AvgIpc) is 2.78. The fraction of sp³-hybridized carbons (Fsp3) is 0.273. The number of rotatable bonds is 4. The van der Waals surface area contributed by atoms with Gasteiger partial charge in [-0.1, -0.05) is 11.6 Å². The molecule has 90 valence electrons. The molecule has 6 heteroatoms. The highest BCUT2D eigenvalue weighted by molar-refractivity contribution is 6.33. The summed E-state index contributed by atoms with van der Waals surface area (Å²) in [5.41, 5.74) is 0.537. The lowest BCUT2D eigenvalue weighted by atomic mass is 10.2. The summed E-state index contributed by atoms with van der Waals surface area (Å²) >= 11 is 5.99. The first kappa shape index (κ1) is 11.9. The van der Waals surface area contributed by atoms with Crippen LogP contribution in [-0.2, 0) is 6.42 Å². The zero-order valence-corrected chi connectivity index (χ0v) is 10.0. The van der Waals surface area contributed by atoms with Crippen molar-refractivity contribution >= 4 is 11.6 Å². The van der Waals surface area contributed by atoms with Crippen LogP contribution in [0.25, 0.3) is 11.5 Å². The Hall–Kier alpha value is -1.59. The first-order valence-electron chi connectivity index (χ1n) is 5.16. The zero-order chi connectivity index (χ0) is 12.3. The summed E-state index contributed by atoms with van der Waals surface area (Å²) in [4.78, 5) is 0. The van der Waals surface area contributed by atoms with Crippen LogP contribution in [0.1, 0.15) is 5.89 Å². The molecule has 0 atom stereocenters. The Morgan fingerprint density at radius 3 is 3.00 bits per heavy atom. The van der Waals surface area contributed by atoms with Crippen LogP contribution < -0.4 is 5.32 Å². The molecule has 0 bridgehead atoms. The van der Waals surface area contributed by atoms with Crippen molar-refractivity contribution in [3.8, 4) is 17.2 Å². The first-order chi connectivity index (χ1) is 8.20. The number of phenolic OH excluding ortho intramolecular Hbond substituents is 1. The molecule has 0 unspecified atom stereocenters. The van der Waals surface area contributed by atoms with Gasteiger partial charge in [-0.2, -0.15) is 0 Å². The van der Waals surface area contributed by atoms with Gasteiger partial charge in [0, 0.05) is 13.0 Å². The fourth-order valence-corrected chi connectivity index (χ4v) is 1.57. The maximum atomic E-state index is 9.39. The fourth-order valence-electron chi connectivity index (χ4n) is 1.37. The van der Waals surface area contributed by atoms with Crippen molar-refractivity contribution in [3.63, 3.8) is 0 Å². The van der Waals surface area contributed by atoms with Gasteiger partial charge in [0.25, 0.3) is 0 Å². The summed E-state index contributed by atoms with van der Waals surface area (Å²) in [6.45, 7) is 0.759. The van der Waals surface area contributed by atoms with Crippen molar-refractivity contribution < 1.29 is 9.52 Å². The monoisotopic (exact) mass is 253 g/mol. The molecule has 2 aromatic rings. The van der Waals surface area contributed by atoms with Crippen LogP contribution in [-0.4, -0.2) is 28.9 Å². The van der Waals surface area contributed by atoms with Gasteiger partial charge in [-0.15, -0.1) is 10.2 Å². The molecule has 0 saturated heterocycles. The summed E-state index contributed by atoms with van der Waals surface area (Å²) in [5, 5.41) is 20.7. The molecular formula is C11H12ClN3O2. The van der Waals surface area contributed by atoms with E-state index in [1.54, 1.807) is 6.07 Å². The van der Waals surface area contributed by atoms with E-state index in [1.807, 2.05) is 7.05 Å². The highest BCUT2D eigenvalue weighted by atomic mass is 35.5. The van der Waals surface area contributed by atoms with Crippen molar-refractivity contribution in [2.75, 3.05) is 13.6 Å². The highest BCUT2D eigenvalue weighted by Crippen LogP contribution is 2.29. The number of likely N-dealkylation sites (N-methyl/N-ethyl adjacent to an activating group) is 1. The molecular weight excluding hydrogens is 242 g/mol. The maximum absolute atomic E-state index is 9.39. The minimum atomic E-state index is 0.111. The van der Waals surface area contributed by atoms with Gasteiger partial charge in [-0.05, 0) is 25.2 Å². The van der Waals surface area contributed by atoms with Gasteiger partial charge < -0.3 is 14.8 Å². The van der Waals surface area contributed by atoms with Crippen molar-refractivity contribution in [1.82, 2.24) is 15.5 Å². The number of aromatic hydroxyl groups is 1. The summed E-state index contributed by atoms with van der Waals surface area (Å²) < 4.78 is 5.45. The van der Waals surface area contributed by atoms with Gasteiger partial charge in [0.2, 0.25) is 11.8 Å². The van der Waals surface area contributed by atoms with Crippen molar-refractivity contribution in [3.05, 3.63) is 29.1 Å². The third-order valence-electron chi connectivity index (χ3n) is 2.24. The van der Waals surface area contributed by atoms with E-state index in [4.69, 9.17) is 16.0 Å². The standard InChI is InChI=1S/C11H12ClN3O2/c1-13-5-4-10-14-15-11(17-10)8-6-7(16)2-3-9(8)12/h2-3,6,13,16H,4-5H2,1H3. The van der Waals surface area contributed by atoms with Crippen LogP contribution in [0.2, 0.25) is 5.02 Å². The lowest BCUT2D eigenvalue weighted by molar-refractivity contribution is 0.474. The van der Waals surface area contributed by atoms with Crippen LogP contribution in [0.4, 0.5) is 0 Å². The number of hydrogen-bond donors (Lipinski definition) is 2. The van der Waals surface area contributed by atoms with Gasteiger partial charge in [0.1, 0.15) is 5.75 Å². The molecule has 0 radical (unpaired) electrons. The van der Waals surface area contributed by atoms with E-state index in [0.29, 0.717) is 28.8 Å². The molecule has 1 aromatic heterocycles. The van der Waals surface area contributed by atoms with Crippen molar-refractivity contribution in [1.29, 1.82) is 0 Å². The predicted octanol–water partition coefficient (Wildman–Crippen LogP) is 1.86. The van der Waals surface area contributed by atoms with Gasteiger partial charge in [-0.25, -0.2) is 0 Å². The molecule has 17 heavy (non-hydrogen) atoms. The molecule has 0 fully saturated rings. The van der Waals surface area contributed by atoms with Crippen molar-refractivity contribution in [2.24, 2.45) is 0 Å². The van der Waals surface area contributed by atoms with Gasteiger partial charge in [0.15, 0.2) is 0 Å². The first-order valence-corrected chi connectivity index (χ1v) is 5.54. The third-order valence-corrected chi connectivity index (χ3v) is 2.57. The minimum Gasteiger partial charge on any atom is -0.508 e. The molecule has 0 spiro atoms. The summed E-state index contributed by atoms with van der Waals surface area (Å²) in [6.07, 6.45) is 0.653. The lowest BCUT2D eigenvalue weighted by Crippen LogP contribution is -2.10. The Bertz CT molecular complexity index is 513. The number of benzene rings is 1. The van der Waals surface area contributed by atoms with E-state index in [9.17, 15) is 5.11 Å². The number of halogens is 1. The molecule has 1 heterocycles. The van der Waals surface area contributed by atoms with Gasteiger partial charge >= 0.3 is 0 Å². The molecule has 0 aliphatic heterocycles. The Morgan fingerprint density at radius 1 is 1.41 bits per heavy atom. The number of nitrogens with one attached hydrogen (secondary N) is 1. The third kappa shape index (κ3) is 2.75. The maximum Gasteiger partial charge on any atom is 0.249 e. The molecule has 0 amide bonds. The topological polar surface area (TPSA) is 71.2 Å². The van der Waals surface area contributed by atoms with E-state index in [-0.39, 0.29) is 5.75 Å². The number of nitrogens with zero attached hydrogens (tertiary/aromatic N) is 2. The summed E-state index contributed by atoms with van der Waals surface area (Å²) in [7, 11) is 1.85. The van der Waals surface area contributed by atoms with Crippen LogP contribution in [0.15, 0.2) is 22.6 Å². The largest absolute Gasteiger partial charge is 0.508 e. The number of aromatic nitrogens is 2. The second kappa shape index (κ2) is 5.16. The summed E-state index contributed by atoms with van der Waals surface area (Å²) in [5.74, 6) is 0.963. The number of phenols is 1. The molecule has 0 aliphatic carbocycles. The van der Waals surface area contributed by atoms with E-state index < -0.39 is 0 Å². The van der Waals surface area contributed by atoms with E-state index in [2.05, 4.69) is 15.5 Å². The minimum absolute atomic E-state index is 0.111. The van der Waals surface area contributed by atoms with Gasteiger partial charge in [-0.3, -0.25) is 0 Å². The SMILES string of the molecule is CNCCc1nnc(-c2cc(O)ccc2Cl)o1. The zero-order valence-electron chi connectivity index (χ0n) is 9.27. The smallest absolute Gasteiger partial charge is 0.249 e. The predicted molar refractivity (Wildman–Crippen MR) is 64.0 cm³/mol. The molecule has 2 rings (SSSR count). The quantitative estimate of drug-likeness (QED) is 0.870. The Balaban J connectivity index is 2.27. The summed E-state index contributed by atoms with van der Waals surface area (Å²) in [6, 6.07) is 4.59. The van der Waals surface area contributed by atoms with Crippen LogP contribution in [0.3, 0.4) is 0 Å². The van der Waals surface area contributed by atoms with E-state index in [1.165, 1.54) is 12.1 Å². The Morgan fingerprint density at radius 2 is 2.24 bits per heavy atom. The van der Waals surface area contributed by atoms with Gasteiger partial charge in [0.05, 0.1) is 10.6 Å². The van der Waals surface area contributed by atoms with Crippen LogP contribution >= 0.6 is 11.6 Å². The number of hydrogen-bond acceptors (Lipinski definition) is 5.